The van der Waals surface area contributed by atoms with E-state index < -0.39 is 0 Å². The van der Waals surface area contributed by atoms with E-state index >= 15 is 0 Å². The molecular weight excluding hydrogens is 306 g/mol. The highest BCUT2D eigenvalue weighted by Gasteiger charge is 2.36. The monoisotopic (exact) mass is 333 g/mol. The molecule has 3 rings (SSSR count). The van der Waals surface area contributed by atoms with E-state index in [1.165, 1.54) is 6.42 Å². The van der Waals surface area contributed by atoms with Crippen molar-refractivity contribution < 1.29 is 9.59 Å². The molecule has 0 saturated carbocycles. The van der Waals surface area contributed by atoms with Crippen molar-refractivity contribution in [3.8, 4) is 0 Å². The number of hydrogen-bond donors (Lipinski definition) is 1. The number of fused-ring (bicyclic) bond motifs is 1. The Balaban J connectivity index is 1.65. The maximum Gasteiger partial charge on any atom is 0.226 e. The van der Waals surface area contributed by atoms with Gasteiger partial charge in [0.15, 0.2) is 5.82 Å². The fourth-order valence-corrected chi connectivity index (χ4v) is 3.63. The number of aromatic nitrogens is 3. The minimum Gasteiger partial charge on any atom is -0.346 e. The molecule has 132 valence electrons. The third-order valence-corrected chi connectivity index (χ3v) is 5.04. The second-order valence-electron chi connectivity index (χ2n) is 7.21. The number of hydrogen-bond acceptors (Lipinski definition) is 4. The Hall–Kier alpha value is -1.92. The Morgan fingerprint density at radius 2 is 2.00 bits per heavy atom. The number of carbonyl (C=O) groups excluding carboxylic acids is 2. The molecule has 2 aliphatic heterocycles. The maximum absolute atomic E-state index is 12.6. The average molecular weight is 333 g/mol. The summed E-state index contributed by atoms with van der Waals surface area (Å²) in [6, 6.07) is -0.0555. The van der Waals surface area contributed by atoms with E-state index in [1.807, 2.05) is 20.8 Å². The second-order valence-corrected chi connectivity index (χ2v) is 7.21. The van der Waals surface area contributed by atoms with E-state index in [2.05, 4.69) is 20.1 Å². The summed E-state index contributed by atoms with van der Waals surface area (Å²) >= 11 is 0. The lowest BCUT2D eigenvalue weighted by Crippen LogP contribution is -2.37. The summed E-state index contributed by atoms with van der Waals surface area (Å²) in [5.41, 5.74) is 0. The summed E-state index contributed by atoms with van der Waals surface area (Å²) in [7, 11) is 0. The molecular formula is C17H27N5O2. The first kappa shape index (κ1) is 16.9. The summed E-state index contributed by atoms with van der Waals surface area (Å²) in [5.74, 6) is 1.57. The first-order valence-electron chi connectivity index (χ1n) is 8.99. The van der Waals surface area contributed by atoms with Crippen molar-refractivity contribution in [1.29, 1.82) is 0 Å². The van der Waals surface area contributed by atoms with Crippen LogP contribution in [0.25, 0.3) is 0 Å². The first-order chi connectivity index (χ1) is 11.5. The number of aryl methyl sites for hydroxylation is 1. The van der Waals surface area contributed by atoms with E-state index in [4.69, 9.17) is 0 Å². The molecule has 1 aromatic rings. The SMILES string of the molecule is CC(C)N1C[C@@H](C(=O)N[C@@H](C)c2nnc3n2CCCCC3)CC1=O. The van der Waals surface area contributed by atoms with Gasteiger partial charge in [-0.05, 0) is 33.6 Å². The largest absolute Gasteiger partial charge is 0.346 e. The predicted octanol–water partition coefficient (Wildman–Crippen LogP) is 1.44. The summed E-state index contributed by atoms with van der Waals surface area (Å²) < 4.78 is 2.15. The van der Waals surface area contributed by atoms with Crippen molar-refractivity contribution in [2.24, 2.45) is 5.92 Å². The molecule has 0 aromatic carbocycles. The average Bonchev–Trinajstić information content (AvgIpc) is 3.04. The summed E-state index contributed by atoms with van der Waals surface area (Å²) in [6.07, 6.45) is 4.73. The van der Waals surface area contributed by atoms with Crippen LogP contribution in [-0.2, 0) is 22.6 Å². The molecule has 0 spiro atoms. The summed E-state index contributed by atoms with van der Waals surface area (Å²) in [5, 5.41) is 11.6. The lowest BCUT2D eigenvalue weighted by Gasteiger charge is -2.21. The van der Waals surface area contributed by atoms with E-state index in [9.17, 15) is 9.59 Å². The smallest absolute Gasteiger partial charge is 0.226 e. The Bertz CT molecular complexity index is 624. The third-order valence-electron chi connectivity index (χ3n) is 5.04. The predicted molar refractivity (Wildman–Crippen MR) is 89.1 cm³/mol. The van der Waals surface area contributed by atoms with Gasteiger partial charge >= 0.3 is 0 Å². The number of likely N-dealkylation sites (tertiary alicyclic amines) is 1. The zero-order valence-corrected chi connectivity index (χ0v) is 14.8. The molecule has 1 fully saturated rings. The lowest BCUT2D eigenvalue weighted by atomic mass is 10.1. The highest BCUT2D eigenvalue weighted by Crippen LogP contribution is 2.22. The first-order valence-corrected chi connectivity index (χ1v) is 8.99. The van der Waals surface area contributed by atoms with Crippen molar-refractivity contribution in [1.82, 2.24) is 25.0 Å². The minimum absolute atomic E-state index is 0.0640. The Kier molecular flexibility index (Phi) is 4.87. The van der Waals surface area contributed by atoms with E-state index in [0.717, 1.165) is 37.5 Å². The van der Waals surface area contributed by atoms with Gasteiger partial charge in [0.25, 0.3) is 0 Å². The van der Waals surface area contributed by atoms with Gasteiger partial charge in [0.1, 0.15) is 5.82 Å². The molecule has 3 heterocycles. The van der Waals surface area contributed by atoms with Gasteiger partial charge in [-0.1, -0.05) is 6.42 Å². The molecule has 1 aromatic heterocycles. The standard InChI is InChI=1S/C17H27N5O2/c1-11(2)22-10-13(9-15(22)23)17(24)18-12(3)16-20-19-14-7-5-4-6-8-21(14)16/h11-13H,4-10H2,1-3H3,(H,18,24)/t12-,13-/m0/s1. The van der Waals surface area contributed by atoms with Crippen LogP contribution in [0.1, 0.15) is 64.1 Å². The van der Waals surface area contributed by atoms with Crippen LogP contribution in [-0.4, -0.2) is 44.1 Å². The molecule has 2 atom stereocenters. The second kappa shape index (κ2) is 6.91. The maximum atomic E-state index is 12.6. The summed E-state index contributed by atoms with van der Waals surface area (Å²) in [4.78, 5) is 26.3. The molecule has 0 radical (unpaired) electrons. The van der Waals surface area contributed by atoms with Crippen LogP contribution in [0.3, 0.4) is 0 Å². The fourth-order valence-electron chi connectivity index (χ4n) is 3.63. The zero-order valence-electron chi connectivity index (χ0n) is 14.8. The molecule has 1 saturated heterocycles. The highest BCUT2D eigenvalue weighted by molar-refractivity contribution is 5.89. The number of rotatable bonds is 4. The molecule has 7 heteroatoms. The van der Waals surface area contributed by atoms with Gasteiger partial charge in [-0.15, -0.1) is 10.2 Å². The molecule has 0 bridgehead atoms. The van der Waals surface area contributed by atoms with Gasteiger partial charge < -0.3 is 14.8 Å². The number of nitrogens with one attached hydrogen (secondary N) is 1. The molecule has 1 N–H and O–H groups in total. The van der Waals surface area contributed by atoms with Crippen LogP contribution < -0.4 is 5.32 Å². The Morgan fingerprint density at radius 3 is 2.71 bits per heavy atom. The van der Waals surface area contributed by atoms with Gasteiger partial charge in [0, 0.05) is 32.0 Å². The van der Waals surface area contributed by atoms with E-state index in [-0.39, 0.29) is 29.8 Å². The highest BCUT2D eigenvalue weighted by atomic mass is 16.2. The van der Waals surface area contributed by atoms with Crippen LogP contribution >= 0.6 is 0 Å². The van der Waals surface area contributed by atoms with Crippen LogP contribution in [0.5, 0.6) is 0 Å². The van der Waals surface area contributed by atoms with Crippen molar-refractivity contribution >= 4 is 11.8 Å². The van der Waals surface area contributed by atoms with Crippen LogP contribution in [0.4, 0.5) is 0 Å². The van der Waals surface area contributed by atoms with Crippen LogP contribution in [0.15, 0.2) is 0 Å². The van der Waals surface area contributed by atoms with Crippen molar-refractivity contribution in [3.05, 3.63) is 11.6 Å². The van der Waals surface area contributed by atoms with Crippen molar-refractivity contribution in [2.45, 2.75) is 71.5 Å². The normalized spacial score (nSPS) is 22.4. The molecule has 7 nitrogen and oxygen atoms in total. The van der Waals surface area contributed by atoms with Crippen LogP contribution in [0.2, 0.25) is 0 Å². The molecule has 2 aliphatic rings. The van der Waals surface area contributed by atoms with Gasteiger partial charge in [-0.25, -0.2) is 0 Å². The summed E-state index contributed by atoms with van der Waals surface area (Å²) in [6.45, 7) is 7.32. The van der Waals surface area contributed by atoms with E-state index in [0.29, 0.717) is 13.0 Å². The molecule has 24 heavy (non-hydrogen) atoms. The minimum atomic E-state index is -0.270. The molecule has 0 unspecified atom stereocenters. The van der Waals surface area contributed by atoms with Gasteiger partial charge in [-0.2, -0.15) is 0 Å². The quantitative estimate of drug-likeness (QED) is 0.904. The van der Waals surface area contributed by atoms with Gasteiger partial charge in [0.2, 0.25) is 11.8 Å². The lowest BCUT2D eigenvalue weighted by molar-refractivity contribution is -0.130. The fraction of sp³-hybridized carbons (Fsp3) is 0.765. The zero-order chi connectivity index (χ0) is 17.3. The van der Waals surface area contributed by atoms with Gasteiger partial charge in [0.05, 0.1) is 12.0 Å². The Morgan fingerprint density at radius 1 is 1.21 bits per heavy atom. The number of carbonyl (C=O) groups is 2. The van der Waals surface area contributed by atoms with Crippen LogP contribution in [0, 0.1) is 5.92 Å². The number of nitrogens with zero attached hydrogens (tertiary/aromatic N) is 4. The van der Waals surface area contributed by atoms with Crippen molar-refractivity contribution in [2.75, 3.05) is 6.54 Å². The Labute approximate surface area is 142 Å². The molecule has 2 amide bonds. The van der Waals surface area contributed by atoms with Crippen molar-refractivity contribution in [3.63, 3.8) is 0 Å². The van der Waals surface area contributed by atoms with Gasteiger partial charge in [-0.3, -0.25) is 9.59 Å². The number of amides is 2. The topological polar surface area (TPSA) is 80.1 Å². The molecule has 0 aliphatic carbocycles. The van der Waals surface area contributed by atoms with E-state index in [1.54, 1.807) is 4.90 Å². The third kappa shape index (κ3) is 3.30.